The zero-order valence-corrected chi connectivity index (χ0v) is 50.9. The molecule has 0 aliphatic heterocycles. The SMILES string of the molecule is CC/C=C\C/C=C\C/C=C\C/C=C\CCCCCCCCCCCCCCCCCCCCCCCCC(=O)OC(COC(=O)CCCCCCCCCCCCCCCCCCCCCC)COP(=O)(O)OCCN. The number of phosphoric ester groups is 1. The van der Waals surface area contributed by atoms with Gasteiger partial charge in [0.05, 0.1) is 13.2 Å². The number of phosphoric acid groups is 1. The van der Waals surface area contributed by atoms with Crippen molar-refractivity contribution in [2.75, 3.05) is 26.4 Å². The van der Waals surface area contributed by atoms with Crippen molar-refractivity contribution < 1.29 is 37.6 Å². The molecule has 2 atom stereocenters. The van der Waals surface area contributed by atoms with Gasteiger partial charge in [-0.25, -0.2) is 4.57 Å². The van der Waals surface area contributed by atoms with Gasteiger partial charge < -0.3 is 20.1 Å². The molecule has 10 heteroatoms. The Kier molecular flexibility index (Phi) is 60.5. The number of unbranched alkanes of at least 4 members (excludes halogenated alkanes) is 41. The fourth-order valence-electron chi connectivity index (χ4n) is 9.69. The second-order valence-corrected chi connectivity index (χ2v) is 23.4. The predicted molar refractivity (Wildman–Crippen MR) is 326 cm³/mol. The van der Waals surface area contributed by atoms with Gasteiger partial charge in [0.15, 0.2) is 6.10 Å². The molecule has 0 radical (unpaired) electrons. The van der Waals surface area contributed by atoms with Crippen molar-refractivity contribution in [2.45, 2.75) is 335 Å². The second kappa shape index (κ2) is 62.2. The van der Waals surface area contributed by atoms with Crippen LogP contribution in [0.4, 0.5) is 0 Å². The highest BCUT2D eigenvalue weighted by Gasteiger charge is 2.26. The molecule has 76 heavy (non-hydrogen) atoms. The fourth-order valence-corrected chi connectivity index (χ4v) is 10.5. The van der Waals surface area contributed by atoms with Crippen LogP contribution in [0.2, 0.25) is 0 Å². The Bertz CT molecular complexity index is 1380. The normalized spacial score (nSPS) is 13.3. The van der Waals surface area contributed by atoms with Crippen LogP contribution in [-0.4, -0.2) is 49.3 Å². The Morgan fingerprint density at radius 1 is 0.408 bits per heavy atom. The van der Waals surface area contributed by atoms with E-state index in [4.69, 9.17) is 24.3 Å². The molecule has 0 aromatic rings. The molecule has 9 nitrogen and oxygen atoms in total. The van der Waals surface area contributed by atoms with Crippen molar-refractivity contribution in [1.82, 2.24) is 0 Å². The average Bonchev–Trinajstić information content (AvgIpc) is 3.41. The van der Waals surface area contributed by atoms with Gasteiger partial charge in [0, 0.05) is 19.4 Å². The molecule has 0 rings (SSSR count). The summed E-state index contributed by atoms with van der Waals surface area (Å²) >= 11 is 0. The van der Waals surface area contributed by atoms with Crippen molar-refractivity contribution in [2.24, 2.45) is 5.73 Å². The molecule has 2 unspecified atom stereocenters. The monoisotopic (exact) mass is 1090 g/mol. The van der Waals surface area contributed by atoms with E-state index >= 15 is 0 Å². The van der Waals surface area contributed by atoms with E-state index in [-0.39, 0.29) is 38.6 Å². The van der Waals surface area contributed by atoms with E-state index in [0.29, 0.717) is 6.42 Å². The predicted octanol–water partition coefficient (Wildman–Crippen LogP) is 20.9. The summed E-state index contributed by atoms with van der Waals surface area (Å²) in [5.41, 5.74) is 5.39. The number of hydrogen-bond acceptors (Lipinski definition) is 8. The summed E-state index contributed by atoms with van der Waals surface area (Å²) in [6.07, 6.45) is 77.7. The lowest BCUT2D eigenvalue weighted by Crippen LogP contribution is -2.29. The molecule has 0 aliphatic carbocycles. The highest BCUT2D eigenvalue weighted by Crippen LogP contribution is 2.43. The van der Waals surface area contributed by atoms with Gasteiger partial charge in [0.2, 0.25) is 0 Å². The Labute approximate surface area is 470 Å². The van der Waals surface area contributed by atoms with E-state index in [1.807, 2.05) is 0 Å². The first-order valence-electron chi connectivity index (χ1n) is 32.6. The minimum absolute atomic E-state index is 0.0560. The van der Waals surface area contributed by atoms with Crippen molar-refractivity contribution in [3.63, 3.8) is 0 Å². The van der Waals surface area contributed by atoms with Crippen LogP contribution < -0.4 is 5.73 Å². The number of ether oxygens (including phenoxy) is 2. The van der Waals surface area contributed by atoms with Crippen molar-refractivity contribution in [3.05, 3.63) is 48.6 Å². The van der Waals surface area contributed by atoms with Gasteiger partial charge in [-0.05, 0) is 51.4 Å². The molecule has 0 aromatic carbocycles. The Morgan fingerprint density at radius 3 is 1.08 bits per heavy atom. The van der Waals surface area contributed by atoms with Crippen LogP contribution in [-0.2, 0) is 32.7 Å². The van der Waals surface area contributed by atoms with Crippen molar-refractivity contribution in [3.8, 4) is 0 Å². The van der Waals surface area contributed by atoms with Gasteiger partial charge in [-0.3, -0.25) is 18.6 Å². The molecule has 0 fully saturated rings. The number of nitrogens with two attached hydrogens (primary N) is 1. The maximum absolute atomic E-state index is 12.7. The number of esters is 2. The highest BCUT2D eigenvalue weighted by atomic mass is 31.2. The summed E-state index contributed by atoms with van der Waals surface area (Å²) in [5, 5.41) is 0. The van der Waals surface area contributed by atoms with Crippen molar-refractivity contribution >= 4 is 19.8 Å². The average molecular weight is 1090 g/mol. The van der Waals surface area contributed by atoms with Crippen LogP contribution in [0.1, 0.15) is 328 Å². The summed E-state index contributed by atoms with van der Waals surface area (Å²) in [4.78, 5) is 35.3. The molecule has 446 valence electrons. The van der Waals surface area contributed by atoms with Crippen LogP contribution in [0.15, 0.2) is 48.6 Å². The van der Waals surface area contributed by atoms with E-state index in [2.05, 4.69) is 62.5 Å². The van der Waals surface area contributed by atoms with Crippen LogP contribution in [0, 0.1) is 0 Å². The summed E-state index contributed by atoms with van der Waals surface area (Å²) in [6.45, 7) is 3.70. The molecule has 0 saturated heterocycles. The molecule has 0 amide bonds. The lowest BCUT2D eigenvalue weighted by Gasteiger charge is -2.19. The van der Waals surface area contributed by atoms with Gasteiger partial charge in [-0.15, -0.1) is 0 Å². The summed E-state index contributed by atoms with van der Waals surface area (Å²) < 4.78 is 33.1. The van der Waals surface area contributed by atoms with E-state index in [1.54, 1.807) is 0 Å². The molecule has 0 saturated carbocycles. The van der Waals surface area contributed by atoms with Gasteiger partial charge in [0.1, 0.15) is 6.61 Å². The van der Waals surface area contributed by atoms with E-state index in [0.717, 1.165) is 57.8 Å². The Morgan fingerprint density at radius 2 is 0.724 bits per heavy atom. The quantitative estimate of drug-likeness (QED) is 0.0264. The number of rotatable bonds is 62. The van der Waals surface area contributed by atoms with Crippen molar-refractivity contribution in [1.29, 1.82) is 0 Å². The molecule has 0 aliphatic rings. The van der Waals surface area contributed by atoms with Gasteiger partial charge in [-0.2, -0.15) is 0 Å². The summed E-state index contributed by atoms with van der Waals surface area (Å²) in [5.74, 6) is -0.806. The molecule has 0 heterocycles. The zero-order valence-electron chi connectivity index (χ0n) is 50.0. The number of allylic oxidation sites excluding steroid dienone is 8. The van der Waals surface area contributed by atoms with Crippen LogP contribution in [0.3, 0.4) is 0 Å². The molecule has 0 spiro atoms. The standard InChI is InChI=1S/C66H124NO8P/c1-3-5-7-9-11-13-15-17-19-21-23-25-26-27-28-29-30-31-32-33-34-35-36-37-38-39-41-43-45-47-49-51-53-55-57-59-66(69)75-64(63-74-76(70,71)73-61-60-67)62-72-65(68)58-56-54-52-50-48-46-44-42-40-24-22-20-18-16-14-12-10-8-6-4-2/h5,7,11,13,17,19,23,25,64H,3-4,6,8-10,12,14-16,18,20-22,24,26-63,67H2,1-2H3,(H,70,71)/b7-5-,13-11-,19-17-,25-23-. The van der Waals surface area contributed by atoms with E-state index in [1.165, 1.54) is 238 Å². The zero-order chi connectivity index (χ0) is 55.2. The highest BCUT2D eigenvalue weighted by molar-refractivity contribution is 7.47. The summed E-state index contributed by atoms with van der Waals surface area (Å²) in [6, 6.07) is 0. The topological polar surface area (TPSA) is 134 Å². The van der Waals surface area contributed by atoms with Gasteiger partial charge >= 0.3 is 19.8 Å². The lowest BCUT2D eigenvalue weighted by molar-refractivity contribution is -0.161. The van der Waals surface area contributed by atoms with E-state index < -0.39 is 26.5 Å². The summed E-state index contributed by atoms with van der Waals surface area (Å²) in [7, 11) is -4.39. The molecule has 0 bridgehead atoms. The first-order valence-corrected chi connectivity index (χ1v) is 34.1. The number of carbonyl (C=O) groups excluding carboxylic acids is 2. The first-order chi connectivity index (χ1) is 37.3. The molecule has 0 aromatic heterocycles. The number of hydrogen-bond donors (Lipinski definition) is 2. The van der Waals surface area contributed by atoms with Gasteiger partial charge in [0.25, 0.3) is 0 Å². The first kappa shape index (κ1) is 74.0. The van der Waals surface area contributed by atoms with Crippen LogP contribution in [0.25, 0.3) is 0 Å². The third-order valence-corrected chi connectivity index (χ3v) is 15.5. The van der Waals surface area contributed by atoms with Gasteiger partial charge in [-0.1, -0.05) is 313 Å². The molecular weight excluding hydrogens is 966 g/mol. The maximum Gasteiger partial charge on any atom is 0.472 e. The third kappa shape index (κ3) is 61.2. The van der Waals surface area contributed by atoms with Crippen LogP contribution >= 0.6 is 7.82 Å². The van der Waals surface area contributed by atoms with Crippen LogP contribution in [0.5, 0.6) is 0 Å². The molecule has 3 N–H and O–H groups in total. The Hall–Kier alpha value is -2.03. The second-order valence-electron chi connectivity index (χ2n) is 22.0. The minimum Gasteiger partial charge on any atom is -0.462 e. The largest absolute Gasteiger partial charge is 0.472 e. The lowest BCUT2D eigenvalue weighted by atomic mass is 10.0. The van der Waals surface area contributed by atoms with E-state index in [9.17, 15) is 19.0 Å². The number of carbonyl (C=O) groups is 2. The minimum atomic E-state index is -4.39. The smallest absolute Gasteiger partial charge is 0.462 e. The Balaban J connectivity index is 3.82. The maximum atomic E-state index is 12.7. The third-order valence-electron chi connectivity index (χ3n) is 14.5. The molecular formula is C66H124NO8P. The fraction of sp³-hybridized carbons (Fsp3) is 0.848.